The molecule has 0 aliphatic heterocycles. The number of nitrogens with zero attached hydrogens (tertiary/aromatic N) is 4. The van der Waals surface area contributed by atoms with Crippen molar-refractivity contribution in [2.24, 2.45) is 0 Å². The fourth-order valence-corrected chi connectivity index (χ4v) is 2.99. The van der Waals surface area contributed by atoms with Crippen molar-refractivity contribution in [1.29, 1.82) is 0 Å². The zero-order valence-electron chi connectivity index (χ0n) is 15.0. The SMILES string of the molecule is COc1ccc(N[C@@H](c2ccc([N+](=O)[O-])cc2)n2nnc3ccccc32)cc1. The van der Waals surface area contributed by atoms with Crippen LogP contribution in [0.25, 0.3) is 11.0 Å². The van der Waals surface area contributed by atoms with E-state index in [0.29, 0.717) is 0 Å². The van der Waals surface area contributed by atoms with E-state index in [2.05, 4.69) is 15.6 Å². The number of benzene rings is 3. The Bertz CT molecular complexity index is 1110. The summed E-state index contributed by atoms with van der Waals surface area (Å²) in [7, 11) is 1.61. The molecule has 140 valence electrons. The maximum atomic E-state index is 11.0. The maximum absolute atomic E-state index is 11.0. The third kappa shape index (κ3) is 3.35. The van der Waals surface area contributed by atoms with Crippen LogP contribution in [0.3, 0.4) is 0 Å². The molecule has 0 fully saturated rings. The molecule has 1 heterocycles. The predicted molar refractivity (Wildman–Crippen MR) is 105 cm³/mol. The number of nitro benzene ring substituents is 1. The minimum Gasteiger partial charge on any atom is -0.497 e. The lowest BCUT2D eigenvalue weighted by Crippen LogP contribution is -2.21. The van der Waals surface area contributed by atoms with Gasteiger partial charge in [-0.2, -0.15) is 0 Å². The van der Waals surface area contributed by atoms with Crippen molar-refractivity contribution in [1.82, 2.24) is 15.0 Å². The molecule has 0 radical (unpaired) electrons. The van der Waals surface area contributed by atoms with E-state index in [1.54, 1.807) is 23.9 Å². The summed E-state index contributed by atoms with van der Waals surface area (Å²) in [6.45, 7) is 0. The summed E-state index contributed by atoms with van der Waals surface area (Å²) in [6.07, 6.45) is -0.401. The Morgan fingerprint density at radius 1 is 1.04 bits per heavy atom. The molecule has 1 atom stereocenters. The van der Waals surface area contributed by atoms with Gasteiger partial charge in [-0.3, -0.25) is 10.1 Å². The van der Waals surface area contributed by atoms with Crippen LogP contribution in [-0.2, 0) is 0 Å². The number of rotatable bonds is 6. The molecule has 28 heavy (non-hydrogen) atoms. The monoisotopic (exact) mass is 375 g/mol. The van der Waals surface area contributed by atoms with Crippen LogP contribution in [0.4, 0.5) is 11.4 Å². The molecule has 4 aromatic rings. The number of aromatic nitrogens is 3. The first kappa shape index (κ1) is 17.5. The van der Waals surface area contributed by atoms with Gasteiger partial charge < -0.3 is 10.1 Å². The van der Waals surface area contributed by atoms with Gasteiger partial charge in [-0.25, -0.2) is 4.68 Å². The van der Waals surface area contributed by atoms with Gasteiger partial charge in [0.2, 0.25) is 0 Å². The van der Waals surface area contributed by atoms with Crippen molar-refractivity contribution >= 4 is 22.4 Å². The predicted octanol–water partition coefficient (Wildman–Crippen LogP) is 4.01. The van der Waals surface area contributed by atoms with Crippen LogP contribution in [0.15, 0.2) is 72.8 Å². The number of non-ortho nitro benzene ring substituents is 1. The van der Waals surface area contributed by atoms with Crippen LogP contribution in [0.2, 0.25) is 0 Å². The van der Waals surface area contributed by atoms with Gasteiger partial charge >= 0.3 is 0 Å². The molecule has 0 spiro atoms. The van der Waals surface area contributed by atoms with Gasteiger partial charge in [-0.1, -0.05) is 17.3 Å². The Morgan fingerprint density at radius 3 is 2.43 bits per heavy atom. The van der Waals surface area contributed by atoms with E-state index in [0.717, 1.165) is 28.0 Å². The standard InChI is InChI=1S/C20H17N5O3/c1-28-17-12-8-15(9-13-17)21-20(14-6-10-16(11-7-14)25(26)27)24-19-5-3-2-4-18(19)22-23-24/h2-13,20-21H,1H3/t20-/m1/s1. The molecule has 8 heteroatoms. The molecule has 4 rings (SSSR count). The summed E-state index contributed by atoms with van der Waals surface area (Å²) < 4.78 is 6.97. The third-order valence-electron chi connectivity index (χ3n) is 4.43. The van der Waals surface area contributed by atoms with Gasteiger partial charge in [0.1, 0.15) is 17.4 Å². The lowest BCUT2D eigenvalue weighted by molar-refractivity contribution is -0.384. The summed E-state index contributed by atoms with van der Waals surface area (Å²) in [4.78, 5) is 10.6. The van der Waals surface area contributed by atoms with Crippen LogP contribution in [0.5, 0.6) is 5.75 Å². The number of nitro groups is 1. The molecule has 1 aromatic heterocycles. The molecule has 8 nitrogen and oxygen atoms in total. The van der Waals surface area contributed by atoms with Crippen LogP contribution < -0.4 is 10.1 Å². The normalized spacial score (nSPS) is 11.9. The van der Waals surface area contributed by atoms with Crippen LogP contribution in [0.1, 0.15) is 11.7 Å². The summed E-state index contributed by atoms with van der Waals surface area (Å²) in [5, 5.41) is 22.9. The van der Waals surface area contributed by atoms with Crippen molar-refractivity contribution in [3.05, 3.63) is 88.5 Å². The lowest BCUT2D eigenvalue weighted by Gasteiger charge is -2.21. The second-order valence-corrected chi connectivity index (χ2v) is 6.15. The van der Waals surface area contributed by atoms with E-state index in [-0.39, 0.29) is 5.69 Å². The molecule has 3 aromatic carbocycles. The largest absolute Gasteiger partial charge is 0.497 e. The Kier molecular flexibility index (Phi) is 4.59. The summed E-state index contributed by atoms with van der Waals surface area (Å²) >= 11 is 0. The van der Waals surface area contributed by atoms with Gasteiger partial charge in [-0.15, -0.1) is 5.10 Å². The highest BCUT2D eigenvalue weighted by Crippen LogP contribution is 2.27. The molecule has 0 bridgehead atoms. The molecular formula is C20H17N5O3. The average Bonchev–Trinajstić information content (AvgIpc) is 3.16. The van der Waals surface area contributed by atoms with E-state index in [1.807, 2.05) is 48.5 Å². The first-order valence-corrected chi connectivity index (χ1v) is 8.60. The van der Waals surface area contributed by atoms with E-state index in [9.17, 15) is 10.1 Å². The van der Waals surface area contributed by atoms with E-state index >= 15 is 0 Å². The number of ether oxygens (including phenoxy) is 1. The van der Waals surface area contributed by atoms with Crippen LogP contribution >= 0.6 is 0 Å². The lowest BCUT2D eigenvalue weighted by atomic mass is 10.1. The zero-order valence-corrected chi connectivity index (χ0v) is 15.0. The van der Waals surface area contributed by atoms with Crippen molar-refractivity contribution in [3.8, 4) is 5.75 Å². The quantitative estimate of drug-likeness (QED) is 0.404. The Balaban J connectivity index is 1.76. The minimum absolute atomic E-state index is 0.0374. The second kappa shape index (κ2) is 7.36. The van der Waals surface area contributed by atoms with Gasteiger partial charge in [0, 0.05) is 17.8 Å². The summed E-state index contributed by atoms with van der Waals surface area (Å²) in [6, 6.07) is 21.6. The van der Waals surface area contributed by atoms with E-state index in [4.69, 9.17) is 4.74 Å². The highest BCUT2D eigenvalue weighted by molar-refractivity contribution is 5.74. The molecule has 0 amide bonds. The van der Waals surface area contributed by atoms with Gasteiger partial charge in [-0.05, 0) is 54.1 Å². The number of hydrogen-bond donors (Lipinski definition) is 1. The fourth-order valence-electron chi connectivity index (χ4n) is 2.99. The molecule has 0 saturated carbocycles. The highest BCUT2D eigenvalue weighted by atomic mass is 16.6. The Morgan fingerprint density at radius 2 is 1.75 bits per heavy atom. The number of hydrogen-bond acceptors (Lipinski definition) is 6. The number of nitrogens with one attached hydrogen (secondary N) is 1. The van der Waals surface area contributed by atoms with Crippen molar-refractivity contribution in [2.75, 3.05) is 12.4 Å². The third-order valence-corrected chi connectivity index (χ3v) is 4.43. The van der Waals surface area contributed by atoms with Crippen molar-refractivity contribution < 1.29 is 9.66 Å². The van der Waals surface area contributed by atoms with Crippen molar-refractivity contribution in [3.63, 3.8) is 0 Å². The molecule has 1 N–H and O–H groups in total. The molecular weight excluding hydrogens is 358 g/mol. The van der Waals surface area contributed by atoms with Gasteiger partial charge in [0.25, 0.3) is 5.69 Å². The smallest absolute Gasteiger partial charge is 0.269 e. The first-order valence-electron chi connectivity index (χ1n) is 8.60. The molecule has 0 aliphatic rings. The van der Waals surface area contributed by atoms with Gasteiger partial charge in [0.15, 0.2) is 0 Å². The maximum Gasteiger partial charge on any atom is 0.269 e. The highest BCUT2D eigenvalue weighted by Gasteiger charge is 2.19. The second-order valence-electron chi connectivity index (χ2n) is 6.15. The molecule has 0 saturated heterocycles. The fraction of sp³-hybridized carbons (Fsp3) is 0.100. The number of para-hydroxylation sites is 1. The topological polar surface area (TPSA) is 95.1 Å². The number of methoxy groups -OCH3 is 1. The van der Waals surface area contributed by atoms with Crippen molar-refractivity contribution in [2.45, 2.75) is 6.17 Å². The first-order chi connectivity index (χ1) is 13.7. The Labute approximate surface area is 160 Å². The van der Waals surface area contributed by atoms with E-state index in [1.165, 1.54) is 12.1 Å². The molecule has 0 unspecified atom stereocenters. The average molecular weight is 375 g/mol. The zero-order chi connectivity index (χ0) is 19.5. The van der Waals surface area contributed by atoms with Crippen LogP contribution in [-0.4, -0.2) is 27.0 Å². The van der Waals surface area contributed by atoms with Gasteiger partial charge in [0.05, 0.1) is 17.5 Å². The Hall–Kier alpha value is -3.94. The minimum atomic E-state index is -0.416. The summed E-state index contributed by atoms with van der Waals surface area (Å²) in [5.41, 5.74) is 3.33. The number of fused-ring (bicyclic) bond motifs is 1. The number of anilines is 1. The molecule has 0 aliphatic carbocycles. The van der Waals surface area contributed by atoms with Crippen LogP contribution in [0, 0.1) is 10.1 Å². The van der Waals surface area contributed by atoms with E-state index < -0.39 is 11.1 Å². The summed E-state index contributed by atoms with van der Waals surface area (Å²) in [5.74, 6) is 0.753.